The van der Waals surface area contributed by atoms with Crippen molar-refractivity contribution in [2.24, 2.45) is 0 Å². The van der Waals surface area contributed by atoms with E-state index in [1.54, 1.807) is 0 Å². The first kappa shape index (κ1) is 25.1. The quantitative estimate of drug-likeness (QED) is 0.341. The van der Waals surface area contributed by atoms with Crippen LogP contribution in [-0.2, 0) is 22.4 Å². The molecule has 0 aromatic carbocycles. The van der Waals surface area contributed by atoms with Crippen molar-refractivity contribution >= 4 is 89.5 Å². The second-order valence-corrected chi connectivity index (χ2v) is 0. The molecule has 0 aromatic heterocycles. The molecule has 0 aromatic rings. The maximum absolute atomic E-state index is 0. The van der Waals surface area contributed by atoms with E-state index in [0.29, 0.717) is 0 Å². The summed E-state index contributed by atoms with van der Waals surface area (Å²) in [5.41, 5.74) is 0. The van der Waals surface area contributed by atoms with Gasteiger partial charge >= 0.3 is 89.5 Å². The molecule has 0 heterocycles. The van der Waals surface area contributed by atoms with Crippen LogP contribution < -0.4 is 0 Å². The first-order valence-electron chi connectivity index (χ1n) is 0. The molecule has 0 saturated carbocycles. The van der Waals surface area contributed by atoms with Crippen LogP contribution in [0.3, 0.4) is 0 Å². The van der Waals surface area contributed by atoms with E-state index in [4.69, 9.17) is 0 Å². The number of hydrogen-bond acceptors (Lipinski definition) is 0. The van der Waals surface area contributed by atoms with Gasteiger partial charge in [0.2, 0.25) is 0 Å². The van der Waals surface area contributed by atoms with Gasteiger partial charge in [0, 0.05) is 22.4 Å². The molecule has 4 heteroatoms. The zero-order valence-electron chi connectivity index (χ0n) is 4.42. The minimum absolute atomic E-state index is 0. The Morgan fingerprint density at radius 2 is 1.25 bits per heavy atom. The molecule has 0 amide bonds. The fourth-order valence-electron chi connectivity index (χ4n) is 0. The fourth-order valence-corrected chi connectivity index (χ4v) is 0. The Balaban J connectivity index is 0. The molecule has 0 unspecified atom stereocenters. The Labute approximate surface area is 112 Å². The first-order chi connectivity index (χ1) is 0. The normalized spacial score (nSPS) is 0. The van der Waals surface area contributed by atoms with Gasteiger partial charge in [-0.2, -0.15) is 0 Å². The second kappa shape index (κ2) is 15.9. The van der Waals surface area contributed by atoms with E-state index in [2.05, 4.69) is 0 Å². The molecular weight excluding hydrogens is 477 g/mol. The molecule has 0 rings (SSSR count). The van der Waals surface area contributed by atoms with Gasteiger partial charge in [0.15, 0.2) is 0 Å². The van der Waals surface area contributed by atoms with Crippen molar-refractivity contribution in [3.63, 3.8) is 0 Å². The van der Waals surface area contributed by atoms with E-state index in [0.717, 1.165) is 0 Å². The summed E-state index contributed by atoms with van der Waals surface area (Å²) in [5.74, 6) is 0. The van der Waals surface area contributed by atoms with Crippen LogP contribution in [0.2, 0.25) is 0 Å². The molecule has 0 fully saturated rings. The topological polar surface area (TPSA) is 0 Å². The Hall–Kier alpha value is 3.74. The SMILES string of the molecule is [Ag].[Ca+2].[H-].[H-].[PbH2].[SbH3]. The van der Waals surface area contributed by atoms with Gasteiger partial charge < -0.3 is 2.85 Å². The molecule has 0 saturated heterocycles. The fraction of sp³-hybridized carbons (Fsp3) is 0. The van der Waals surface area contributed by atoms with Crippen molar-refractivity contribution in [3.05, 3.63) is 0 Å². The Morgan fingerprint density at radius 3 is 1.25 bits per heavy atom. The predicted octanol–water partition coefficient (Wildman–Crippen LogP) is -2.26. The Kier molecular flexibility index (Phi) is 99.8. The molecular formula is H7AgCaPbSb. The molecule has 0 bridgehead atoms. The summed E-state index contributed by atoms with van der Waals surface area (Å²) in [6.45, 7) is 0. The van der Waals surface area contributed by atoms with Crippen LogP contribution in [-0.4, -0.2) is 89.5 Å². The van der Waals surface area contributed by atoms with Crippen LogP contribution in [0.25, 0.3) is 0 Å². The summed E-state index contributed by atoms with van der Waals surface area (Å²) in [6.07, 6.45) is 0. The van der Waals surface area contributed by atoms with Crippen molar-refractivity contribution in [1.29, 1.82) is 0 Å². The van der Waals surface area contributed by atoms with E-state index < -0.39 is 0 Å². The van der Waals surface area contributed by atoms with Gasteiger partial charge in [-0.25, -0.2) is 0 Å². The van der Waals surface area contributed by atoms with Gasteiger partial charge in [-0.05, 0) is 0 Å². The van der Waals surface area contributed by atoms with Crippen LogP contribution >= 0.6 is 0 Å². The van der Waals surface area contributed by atoms with Crippen LogP contribution in [0, 0.1) is 0 Å². The molecule has 0 aliphatic rings. The Morgan fingerprint density at radius 1 is 1.25 bits per heavy atom. The third-order valence-electron chi connectivity index (χ3n) is 0. The molecule has 3 radical (unpaired) electrons. The summed E-state index contributed by atoms with van der Waals surface area (Å²) in [6, 6.07) is 0. The maximum atomic E-state index is 0. The van der Waals surface area contributed by atoms with E-state index in [-0.39, 0.29) is 115 Å². The van der Waals surface area contributed by atoms with Crippen molar-refractivity contribution in [2.75, 3.05) is 0 Å². The van der Waals surface area contributed by atoms with Gasteiger partial charge in [-0.15, -0.1) is 0 Å². The van der Waals surface area contributed by atoms with E-state index in [1.165, 1.54) is 0 Å². The van der Waals surface area contributed by atoms with Crippen molar-refractivity contribution in [3.8, 4) is 0 Å². The van der Waals surface area contributed by atoms with Gasteiger partial charge in [-0.3, -0.25) is 0 Å². The van der Waals surface area contributed by atoms with Crippen LogP contribution in [0.5, 0.6) is 0 Å². The molecule has 29 valence electrons. The minimum atomic E-state index is 0. The summed E-state index contributed by atoms with van der Waals surface area (Å²) in [7, 11) is 0. The van der Waals surface area contributed by atoms with E-state index >= 15 is 0 Å². The predicted molar refractivity (Wildman–Crippen MR) is 26.5 cm³/mol. The first-order valence-corrected chi connectivity index (χ1v) is 0. The molecule has 0 spiro atoms. The van der Waals surface area contributed by atoms with E-state index in [9.17, 15) is 0 Å². The van der Waals surface area contributed by atoms with Gasteiger partial charge in [0.05, 0.1) is 0 Å². The van der Waals surface area contributed by atoms with Crippen molar-refractivity contribution in [1.82, 2.24) is 0 Å². The molecule has 0 nitrogen and oxygen atoms in total. The summed E-state index contributed by atoms with van der Waals surface area (Å²) in [5, 5.41) is 0. The van der Waals surface area contributed by atoms with Gasteiger partial charge in [0.25, 0.3) is 0 Å². The van der Waals surface area contributed by atoms with Crippen molar-refractivity contribution < 1.29 is 25.2 Å². The van der Waals surface area contributed by atoms with Gasteiger partial charge in [-0.1, -0.05) is 0 Å². The zero-order valence-corrected chi connectivity index (χ0v) is 15.6. The summed E-state index contributed by atoms with van der Waals surface area (Å²) in [4.78, 5) is 0. The third kappa shape index (κ3) is 9.22. The molecule has 4 heavy (non-hydrogen) atoms. The standard InChI is InChI=1S/Ag.Ca.Pb.Sb.7H/q;+2;;;;;;;;2*-1. The van der Waals surface area contributed by atoms with E-state index in [1.807, 2.05) is 0 Å². The average Bonchev–Trinajstić information content (AvgIpc) is 0. The zero-order chi connectivity index (χ0) is 0. The summed E-state index contributed by atoms with van der Waals surface area (Å²) >= 11 is 0. The van der Waals surface area contributed by atoms with Crippen LogP contribution in [0.1, 0.15) is 2.85 Å². The molecule has 0 aliphatic heterocycles. The molecule has 0 N–H and O–H groups in total. The third-order valence-corrected chi connectivity index (χ3v) is 0. The molecule has 0 atom stereocenters. The summed E-state index contributed by atoms with van der Waals surface area (Å²) < 4.78 is 0. The Bertz CT molecular complexity index is 13.5. The number of hydrogen-bond donors (Lipinski definition) is 0. The second-order valence-electron chi connectivity index (χ2n) is 0. The van der Waals surface area contributed by atoms with Crippen LogP contribution in [0.15, 0.2) is 0 Å². The van der Waals surface area contributed by atoms with Crippen molar-refractivity contribution in [2.45, 2.75) is 0 Å². The van der Waals surface area contributed by atoms with Crippen LogP contribution in [0.4, 0.5) is 0 Å². The average molecular weight is 484 g/mol. The van der Waals surface area contributed by atoms with Gasteiger partial charge in [0.1, 0.15) is 0 Å². The molecule has 0 aliphatic carbocycles. The monoisotopic (exact) mass is 483 g/mol. The number of rotatable bonds is 0.